The van der Waals surface area contributed by atoms with Gasteiger partial charge in [0.1, 0.15) is 17.6 Å². The first-order valence-corrected chi connectivity index (χ1v) is 6.32. The highest BCUT2D eigenvalue weighted by Gasteiger charge is 2.05. The van der Waals surface area contributed by atoms with Crippen molar-refractivity contribution in [1.82, 2.24) is 4.98 Å². The fourth-order valence-corrected chi connectivity index (χ4v) is 1.97. The number of nitriles is 1. The molecule has 15 heavy (non-hydrogen) atoms. The molecule has 1 aromatic rings. The van der Waals surface area contributed by atoms with Crippen LogP contribution in [0.15, 0.2) is 18.2 Å². The molecule has 0 aromatic carbocycles. The highest BCUT2D eigenvalue weighted by atomic mass is 32.2. The fraction of sp³-hybridized carbons (Fsp3) is 0.455. The van der Waals surface area contributed by atoms with E-state index in [1.165, 1.54) is 0 Å². The molecule has 0 saturated heterocycles. The summed E-state index contributed by atoms with van der Waals surface area (Å²) in [5.74, 6) is 1.84. The van der Waals surface area contributed by atoms with E-state index in [-0.39, 0.29) is 0 Å². The van der Waals surface area contributed by atoms with Gasteiger partial charge < -0.3 is 5.32 Å². The molecular weight excluding hydrogens is 206 g/mol. The van der Waals surface area contributed by atoms with Crippen molar-refractivity contribution in [2.45, 2.75) is 19.4 Å². The Balaban J connectivity index is 2.66. The molecule has 1 N–H and O–H groups in total. The van der Waals surface area contributed by atoms with Crippen molar-refractivity contribution >= 4 is 17.6 Å². The van der Waals surface area contributed by atoms with Gasteiger partial charge in [0.25, 0.3) is 0 Å². The molecule has 0 bridgehead atoms. The second kappa shape index (κ2) is 6.31. The maximum Gasteiger partial charge on any atom is 0.142 e. The van der Waals surface area contributed by atoms with Gasteiger partial charge in [-0.25, -0.2) is 4.98 Å². The van der Waals surface area contributed by atoms with Crippen molar-refractivity contribution in [1.29, 1.82) is 5.26 Å². The van der Waals surface area contributed by atoms with Crippen molar-refractivity contribution in [2.24, 2.45) is 0 Å². The lowest BCUT2D eigenvalue weighted by molar-refractivity contribution is 0.769. The smallest absolute Gasteiger partial charge is 0.142 e. The molecule has 0 fully saturated rings. The van der Waals surface area contributed by atoms with Crippen LogP contribution in [0.3, 0.4) is 0 Å². The molecule has 1 unspecified atom stereocenters. The molecule has 0 amide bonds. The van der Waals surface area contributed by atoms with E-state index >= 15 is 0 Å². The van der Waals surface area contributed by atoms with E-state index in [1.807, 2.05) is 30.0 Å². The maximum atomic E-state index is 8.71. The third kappa shape index (κ3) is 3.80. The van der Waals surface area contributed by atoms with E-state index in [0.717, 1.165) is 18.0 Å². The van der Waals surface area contributed by atoms with E-state index < -0.39 is 0 Å². The topological polar surface area (TPSA) is 48.7 Å². The lowest BCUT2D eigenvalue weighted by atomic mass is 10.2. The van der Waals surface area contributed by atoms with Gasteiger partial charge in [-0.15, -0.1) is 0 Å². The Morgan fingerprint density at radius 2 is 2.40 bits per heavy atom. The molecular formula is C11H15N3S. The van der Waals surface area contributed by atoms with E-state index in [4.69, 9.17) is 5.26 Å². The van der Waals surface area contributed by atoms with Crippen LogP contribution in [0.2, 0.25) is 0 Å². The van der Waals surface area contributed by atoms with Crippen LogP contribution < -0.4 is 5.32 Å². The lowest BCUT2D eigenvalue weighted by Gasteiger charge is -2.16. The Kier molecular flexibility index (Phi) is 4.99. The van der Waals surface area contributed by atoms with Crippen LogP contribution in [0.4, 0.5) is 5.82 Å². The normalized spacial score (nSPS) is 11.8. The Morgan fingerprint density at radius 3 is 3.00 bits per heavy atom. The van der Waals surface area contributed by atoms with Crippen LogP contribution in [0, 0.1) is 11.3 Å². The molecule has 0 radical (unpaired) electrons. The number of pyridine rings is 1. The van der Waals surface area contributed by atoms with Crippen molar-refractivity contribution < 1.29 is 0 Å². The Labute approximate surface area is 94.9 Å². The van der Waals surface area contributed by atoms with Gasteiger partial charge in [-0.05, 0) is 24.8 Å². The average Bonchev–Trinajstić information content (AvgIpc) is 2.29. The van der Waals surface area contributed by atoms with Crippen LogP contribution in [0.25, 0.3) is 0 Å². The van der Waals surface area contributed by atoms with E-state index in [1.54, 1.807) is 6.07 Å². The number of nitrogens with zero attached hydrogens (tertiary/aromatic N) is 2. The van der Waals surface area contributed by atoms with Crippen LogP contribution in [-0.2, 0) is 0 Å². The molecule has 4 heteroatoms. The van der Waals surface area contributed by atoms with E-state index in [9.17, 15) is 0 Å². The third-order valence-corrected chi connectivity index (χ3v) is 2.81. The van der Waals surface area contributed by atoms with Gasteiger partial charge in [-0.3, -0.25) is 0 Å². The number of thioether (sulfide) groups is 1. The van der Waals surface area contributed by atoms with Gasteiger partial charge in [0, 0.05) is 11.8 Å². The quantitative estimate of drug-likeness (QED) is 0.830. The summed E-state index contributed by atoms with van der Waals surface area (Å²) in [6.45, 7) is 2.14. The van der Waals surface area contributed by atoms with E-state index in [2.05, 4.69) is 23.5 Å². The Bertz CT molecular complexity index is 346. The standard InChI is InChI=1S/C11H15N3S/c1-3-9(8-15-2)13-11-6-4-5-10(7-12)14-11/h4-6,9H,3,8H2,1-2H3,(H,13,14). The maximum absolute atomic E-state index is 8.71. The molecule has 80 valence electrons. The van der Waals surface area contributed by atoms with Gasteiger partial charge in [0.2, 0.25) is 0 Å². The number of aromatic nitrogens is 1. The predicted molar refractivity (Wildman–Crippen MR) is 65.0 cm³/mol. The Morgan fingerprint density at radius 1 is 1.60 bits per heavy atom. The summed E-state index contributed by atoms with van der Waals surface area (Å²) < 4.78 is 0. The SMILES string of the molecule is CCC(CSC)Nc1cccc(C#N)n1. The first-order valence-electron chi connectivity index (χ1n) is 4.92. The van der Waals surface area contributed by atoms with Gasteiger partial charge in [-0.1, -0.05) is 13.0 Å². The Hall–Kier alpha value is -1.21. The van der Waals surface area contributed by atoms with Crippen LogP contribution in [-0.4, -0.2) is 23.0 Å². The predicted octanol–water partition coefficient (Wildman–Crippen LogP) is 2.51. The average molecular weight is 221 g/mol. The largest absolute Gasteiger partial charge is 0.366 e. The minimum absolute atomic E-state index is 0.418. The summed E-state index contributed by atoms with van der Waals surface area (Å²) in [5, 5.41) is 12.0. The van der Waals surface area contributed by atoms with Gasteiger partial charge >= 0.3 is 0 Å². The monoisotopic (exact) mass is 221 g/mol. The van der Waals surface area contributed by atoms with Crippen LogP contribution in [0.5, 0.6) is 0 Å². The lowest BCUT2D eigenvalue weighted by Crippen LogP contribution is -2.21. The summed E-state index contributed by atoms with van der Waals surface area (Å²) in [6.07, 6.45) is 3.14. The number of hydrogen-bond donors (Lipinski definition) is 1. The molecule has 1 atom stereocenters. The number of rotatable bonds is 5. The zero-order chi connectivity index (χ0) is 11.1. The van der Waals surface area contributed by atoms with Crippen molar-refractivity contribution in [3.8, 4) is 6.07 Å². The van der Waals surface area contributed by atoms with Gasteiger partial charge in [-0.2, -0.15) is 17.0 Å². The molecule has 0 aliphatic heterocycles. The molecule has 0 aliphatic carbocycles. The van der Waals surface area contributed by atoms with Gasteiger partial charge in [0.15, 0.2) is 0 Å². The van der Waals surface area contributed by atoms with Crippen molar-refractivity contribution in [3.05, 3.63) is 23.9 Å². The highest BCUT2D eigenvalue weighted by molar-refractivity contribution is 7.98. The summed E-state index contributed by atoms with van der Waals surface area (Å²) in [6, 6.07) is 7.90. The molecule has 1 aromatic heterocycles. The fourth-order valence-electron chi connectivity index (χ4n) is 1.25. The minimum Gasteiger partial charge on any atom is -0.366 e. The number of anilines is 1. The first kappa shape index (κ1) is 11.9. The molecule has 1 rings (SSSR count). The van der Waals surface area contributed by atoms with E-state index in [0.29, 0.717) is 11.7 Å². The van der Waals surface area contributed by atoms with Crippen molar-refractivity contribution in [3.63, 3.8) is 0 Å². The summed E-state index contributed by atoms with van der Waals surface area (Å²) in [4.78, 5) is 4.18. The molecule has 3 nitrogen and oxygen atoms in total. The molecule has 0 spiro atoms. The third-order valence-electron chi connectivity index (χ3n) is 2.08. The summed E-state index contributed by atoms with van der Waals surface area (Å²) >= 11 is 1.81. The number of hydrogen-bond acceptors (Lipinski definition) is 4. The first-order chi connectivity index (χ1) is 7.30. The van der Waals surface area contributed by atoms with Crippen LogP contribution >= 0.6 is 11.8 Å². The minimum atomic E-state index is 0.418. The van der Waals surface area contributed by atoms with Crippen LogP contribution in [0.1, 0.15) is 19.0 Å². The number of nitrogens with one attached hydrogen (secondary N) is 1. The zero-order valence-electron chi connectivity index (χ0n) is 9.03. The van der Waals surface area contributed by atoms with Crippen molar-refractivity contribution in [2.75, 3.05) is 17.3 Å². The summed E-state index contributed by atoms with van der Waals surface area (Å²) in [5.41, 5.74) is 0.457. The second-order valence-corrected chi connectivity index (χ2v) is 4.14. The second-order valence-electron chi connectivity index (χ2n) is 3.22. The molecule has 0 aliphatic rings. The highest BCUT2D eigenvalue weighted by Crippen LogP contribution is 2.10. The summed E-state index contributed by atoms with van der Waals surface area (Å²) in [7, 11) is 0. The zero-order valence-corrected chi connectivity index (χ0v) is 9.84. The molecule has 0 saturated carbocycles. The van der Waals surface area contributed by atoms with Gasteiger partial charge in [0.05, 0.1) is 0 Å². The molecule has 1 heterocycles.